The molecule has 24 heteroatoms. The maximum Gasteiger partial charge on any atom is 0.301 e. The minimum Gasteiger partial charge on any atom is -0.378 e. The number of sulfonamides is 1. The molecule has 0 spiro atoms. The molecule has 1 aliphatic heterocycles. The Kier molecular flexibility index (Phi) is 13.4. The van der Waals surface area contributed by atoms with Gasteiger partial charge in [0.25, 0.3) is 21.8 Å². The van der Waals surface area contributed by atoms with Crippen LogP contribution in [0.2, 0.25) is 0 Å². The molecule has 0 saturated carbocycles. The van der Waals surface area contributed by atoms with Gasteiger partial charge in [-0.3, -0.25) is 39.1 Å². The van der Waals surface area contributed by atoms with Crippen LogP contribution in [0.5, 0.6) is 0 Å². The fourth-order valence-electron chi connectivity index (χ4n) is 7.35. The number of benzene rings is 3. The van der Waals surface area contributed by atoms with Crippen molar-refractivity contribution in [1.29, 1.82) is 0 Å². The van der Waals surface area contributed by atoms with E-state index in [0.29, 0.717) is 69.6 Å². The van der Waals surface area contributed by atoms with E-state index in [4.69, 9.17) is 9.72 Å². The second-order valence-electron chi connectivity index (χ2n) is 15.4. The van der Waals surface area contributed by atoms with E-state index >= 15 is 0 Å². The third-order valence-electron chi connectivity index (χ3n) is 10.7. The summed E-state index contributed by atoms with van der Waals surface area (Å²) in [6, 6.07) is 29.1. The van der Waals surface area contributed by atoms with E-state index in [9.17, 15) is 22.8 Å². The summed E-state index contributed by atoms with van der Waals surface area (Å²) in [5, 5.41) is 26.6. The zero-order valence-corrected chi connectivity index (χ0v) is 40.2. The van der Waals surface area contributed by atoms with E-state index in [-0.39, 0.29) is 33.2 Å². The summed E-state index contributed by atoms with van der Waals surface area (Å²) >= 11 is 4.74. The van der Waals surface area contributed by atoms with Gasteiger partial charge in [-0.2, -0.15) is 9.78 Å². The first-order valence-electron chi connectivity index (χ1n) is 21.4. The number of aromatic amines is 1. The average molecular weight is 1020 g/mol. The van der Waals surface area contributed by atoms with E-state index in [1.807, 2.05) is 70.7 Å². The Bertz CT molecular complexity index is 3470. The van der Waals surface area contributed by atoms with Crippen LogP contribution in [0.1, 0.15) is 32.3 Å². The van der Waals surface area contributed by atoms with Crippen molar-refractivity contribution in [2.75, 3.05) is 42.9 Å². The van der Waals surface area contributed by atoms with Crippen LogP contribution in [0.25, 0.3) is 37.9 Å². The molecule has 4 N–H and O–H groups in total. The SMILES string of the molecule is O=C(Nc1nc2ccc(NS(=O)(=O)c3cccs3)cc2s1)c1cc2n(n1)CCCN(CCOCCNC(=O)c1cnc(N=Nc3c(-c4ccccc4)[nH]n(-c4nc(-c5ccccc5)cs4)c3=O)s1)C2. The highest BCUT2D eigenvalue weighted by atomic mass is 32.2. The Labute approximate surface area is 409 Å². The van der Waals surface area contributed by atoms with Crippen LogP contribution in [-0.2, 0) is 27.8 Å². The average Bonchev–Trinajstić information content (AvgIpc) is 4.23. The number of anilines is 2. The number of nitrogens with one attached hydrogen (secondary N) is 4. The highest BCUT2D eigenvalue weighted by molar-refractivity contribution is 7.94. The zero-order valence-electron chi connectivity index (χ0n) is 36.1. The van der Waals surface area contributed by atoms with Gasteiger partial charge >= 0.3 is 5.56 Å². The minimum atomic E-state index is -3.70. The maximum atomic E-state index is 13.8. The first-order valence-corrected chi connectivity index (χ1v) is 26.2. The van der Waals surface area contributed by atoms with Gasteiger partial charge in [-0.1, -0.05) is 89.4 Å². The maximum absolute atomic E-state index is 13.8. The number of amides is 2. The number of rotatable bonds is 17. The van der Waals surface area contributed by atoms with Crippen molar-refractivity contribution in [1.82, 2.24) is 44.7 Å². The number of carbonyl (C=O) groups excluding carboxylic acids is 2. The van der Waals surface area contributed by atoms with Crippen molar-refractivity contribution in [2.45, 2.75) is 23.7 Å². The highest BCUT2D eigenvalue weighted by Crippen LogP contribution is 2.32. The lowest BCUT2D eigenvalue weighted by molar-refractivity contribution is 0.0874. The third-order valence-corrected chi connectivity index (χ3v) is 16.1. The molecule has 9 aromatic rings. The van der Waals surface area contributed by atoms with Crippen molar-refractivity contribution in [3.63, 3.8) is 0 Å². The summed E-state index contributed by atoms with van der Waals surface area (Å²) in [5.74, 6) is -0.729. The van der Waals surface area contributed by atoms with Gasteiger partial charge in [0.2, 0.25) is 10.3 Å². The largest absolute Gasteiger partial charge is 0.378 e. The Hall–Kier alpha value is -7.06. The van der Waals surface area contributed by atoms with Crippen LogP contribution >= 0.6 is 45.3 Å². The van der Waals surface area contributed by atoms with Crippen LogP contribution in [0.4, 0.5) is 21.6 Å². The number of thiophene rings is 1. The molecule has 0 unspecified atom stereocenters. The summed E-state index contributed by atoms with van der Waals surface area (Å²) in [6.07, 6.45) is 2.25. The van der Waals surface area contributed by atoms with E-state index in [1.165, 1.54) is 33.6 Å². The smallest absolute Gasteiger partial charge is 0.301 e. The fourth-order valence-corrected chi connectivity index (χ4v) is 11.7. The summed E-state index contributed by atoms with van der Waals surface area (Å²) < 4.78 is 38.0. The summed E-state index contributed by atoms with van der Waals surface area (Å²) in [4.78, 5) is 56.1. The molecule has 0 radical (unpaired) electrons. The number of nitrogens with zero attached hydrogens (tertiary/aromatic N) is 9. The number of fused-ring (bicyclic) bond motifs is 2. The number of H-pyrrole nitrogens is 1. The van der Waals surface area contributed by atoms with E-state index in [0.717, 1.165) is 58.2 Å². The third kappa shape index (κ3) is 10.5. The molecule has 0 bridgehead atoms. The molecule has 6 aromatic heterocycles. The second kappa shape index (κ2) is 20.3. The number of aryl methyl sites for hydroxylation is 1. The number of thiazole rings is 3. The number of azo groups is 1. The van der Waals surface area contributed by atoms with Gasteiger partial charge in [0.1, 0.15) is 9.09 Å². The molecule has 0 aliphatic carbocycles. The molecule has 7 heterocycles. The van der Waals surface area contributed by atoms with Gasteiger partial charge < -0.3 is 10.1 Å². The van der Waals surface area contributed by atoms with Crippen LogP contribution in [0.15, 0.2) is 133 Å². The molecular formula is C45H39N13O6S5. The Morgan fingerprint density at radius 1 is 0.870 bits per heavy atom. The topological polar surface area (TPSA) is 236 Å². The minimum absolute atomic E-state index is 0.0785. The predicted octanol–water partition coefficient (Wildman–Crippen LogP) is 8.40. The van der Waals surface area contributed by atoms with E-state index in [1.54, 1.807) is 41.8 Å². The lowest BCUT2D eigenvalue weighted by Crippen LogP contribution is -2.30. The van der Waals surface area contributed by atoms with Gasteiger partial charge in [0, 0.05) is 49.2 Å². The summed E-state index contributed by atoms with van der Waals surface area (Å²) in [6.45, 7) is 3.68. The molecular weight excluding hydrogens is 979 g/mol. The van der Waals surface area contributed by atoms with Crippen LogP contribution < -0.4 is 20.9 Å². The molecule has 19 nitrogen and oxygen atoms in total. The van der Waals surface area contributed by atoms with Crippen LogP contribution in [0, 0.1) is 0 Å². The quantitative estimate of drug-likeness (QED) is 0.0499. The van der Waals surface area contributed by atoms with Gasteiger partial charge in [-0.25, -0.2) is 23.4 Å². The van der Waals surface area contributed by atoms with Crippen molar-refractivity contribution in [3.05, 3.63) is 141 Å². The number of hydrogen-bond acceptors (Lipinski definition) is 17. The van der Waals surface area contributed by atoms with Gasteiger partial charge in [-0.15, -0.1) is 32.9 Å². The van der Waals surface area contributed by atoms with Crippen molar-refractivity contribution >= 4 is 99.0 Å². The number of ether oxygens (including phenoxy) is 1. The number of aromatic nitrogens is 7. The molecule has 2 amide bonds. The second-order valence-corrected chi connectivity index (χ2v) is 21.1. The standard InChI is InChI=1S/C45H39N13O6S5/c59-40(50-44-48-32-15-14-30(23-35(32)67-44)55-69(62,63)37-13-7-22-65-37)33-24-31-26-56(17-8-18-57(31)53-33)19-21-64-20-16-46-41(60)36-25-47-43(68-36)52-51-39-38(29-11-5-2-6-12-29)54-58(42(39)61)45-49-34(27-66-45)28-9-3-1-4-10-28/h1-7,9-15,22-25,27,54-55H,8,16-21,26H2,(H,46,60)(H,48,50,59). The number of carbonyl (C=O) groups is 2. The first kappa shape index (κ1) is 45.7. The molecule has 3 aromatic carbocycles. The molecule has 350 valence electrons. The molecule has 0 saturated heterocycles. The van der Waals surface area contributed by atoms with Gasteiger partial charge in [0.05, 0.1) is 52.4 Å². The van der Waals surface area contributed by atoms with E-state index < -0.39 is 21.5 Å². The van der Waals surface area contributed by atoms with Crippen LogP contribution in [-0.4, -0.2) is 92.5 Å². The highest BCUT2D eigenvalue weighted by Gasteiger charge is 2.23. The molecule has 69 heavy (non-hydrogen) atoms. The van der Waals surface area contributed by atoms with Gasteiger partial charge in [0.15, 0.2) is 16.5 Å². The molecule has 0 fully saturated rings. The molecule has 10 rings (SSSR count). The normalized spacial score (nSPS) is 13.2. The van der Waals surface area contributed by atoms with Crippen LogP contribution in [0.3, 0.4) is 0 Å². The monoisotopic (exact) mass is 1020 g/mol. The molecule has 1 aliphatic rings. The first-order chi connectivity index (χ1) is 33.6. The Balaban J connectivity index is 0.690. The Morgan fingerprint density at radius 2 is 1.70 bits per heavy atom. The van der Waals surface area contributed by atoms with Crippen molar-refractivity contribution < 1.29 is 22.7 Å². The summed E-state index contributed by atoms with van der Waals surface area (Å²) in [5.41, 5.74) is 4.72. The van der Waals surface area contributed by atoms with E-state index in [2.05, 4.69) is 50.6 Å². The lowest BCUT2D eigenvalue weighted by atomic mass is 10.1. The number of hydrogen-bond donors (Lipinski definition) is 4. The van der Waals surface area contributed by atoms with Gasteiger partial charge in [-0.05, 0) is 42.1 Å². The van der Waals surface area contributed by atoms with Crippen molar-refractivity contribution in [3.8, 4) is 27.6 Å². The lowest BCUT2D eigenvalue weighted by Gasteiger charge is -2.19. The zero-order chi connectivity index (χ0) is 47.3. The molecule has 0 atom stereocenters. The summed E-state index contributed by atoms with van der Waals surface area (Å²) in [7, 11) is -3.70. The fraction of sp³-hybridized carbons (Fsp3) is 0.178. The van der Waals surface area contributed by atoms with Crippen molar-refractivity contribution in [2.24, 2.45) is 10.2 Å². The predicted molar refractivity (Wildman–Crippen MR) is 267 cm³/mol. The Morgan fingerprint density at radius 3 is 2.51 bits per heavy atom.